The summed E-state index contributed by atoms with van der Waals surface area (Å²) >= 11 is 4.30. The molecule has 1 heterocycles. The molecule has 17 heavy (non-hydrogen) atoms. The zero-order valence-electron chi connectivity index (χ0n) is 11.9. The minimum Gasteiger partial charge on any atom is -0.306 e. The first-order chi connectivity index (χ1) is 8.11. The second-order valence-electron chi connectivity index (χ2n) is 5.92. The summed E-state index contributed by atoms with van der Waals surface area (Å²) in [6.45, 7) is 7.46. The van der Waals surface area contributed by atoms with Gasteiger partial charge in [-0.2, -0.15) is 12.6 Å². The molecule has 0 radical (unpaired) electrons. The summed E-state index contributed by atoms with van der Waals surface area (Å²) in [5.74, 6) is 2.78. The largest absolute Gasteiger partial charge is 0.306 e. The van der Waals surface area contributed by atoms with Gasteiger partial charge in [0.25, 0.3) is 0 Å². The number of piperidine rings is 1. The standard InChI is InChI=1S/C14H30N2S/c1-13(7-11-17)4-8-16(3)12-14-5-9-15(2)10-6-14/h13-14,17H,4-12H2,1-3H3. The van der Waals surface area contributed by atoms with Crippen molar-refractivity contribution < 1.29 is 0 Å². The van der Waals surface area contributed by atoms with Crippen LogP contribution >= 0.6 is 12.6 Å². The molecule has 0 aromatic rings. The monoisotopic (exact) mass is 258 g/mol. The van der Waals surface area contributed by atoms with E-state index in [1.807, 2.05) is 0 Å². The number of nitrogens with zero attached hydrogens (tertiary/aromatic N) is 2. The normalized spacial score (nSPS) is 21.0. The van der Waals surface area contributed by atoms with Crippen molar-refractivity contribution in [2.75, 3.05) is 46.0 Å². The Morgan fingerprint density at radius 1 is 1.29 bits per heavy atom. The van der Waals surface area contributed by atoms with Crippen LogP contribution in [-0.2, 0) is 0 Å². The fraction of sp³-hybridized carbons (Fsp3) is 1.00. The van der Waals surface area contributed by atoms with Crippen molar-refractivity contribution in [1.82, 2.24) is 9.80 Å². The SMILES string of the molecule is CC(CCS)CCN(C)CC1CCN(C)CC1. The average Bonchev–Trinajstić information content (AvgIpc) is 2.30. The molecule has 1 atom stereocenters. The molecule has 102 valence electrons. The van der Waals surface area contributed by atoms with E-state index in [-0.39, 0.29) is 0 Å². The molecule has 0 saturated carbocycles. The van der Waals surface area contributed by atoms with E-state index in [9.17, 15) is 0 Å². The summed E-state index contributed by atoms with van der Waals surface area (Å²) in [6.07, 6.45) is 5.34. The predicted octanol–water partition coefficient (Wildman–Crippen LogP) is 2.61. The number of rotatable bonds is 7. The number of likely N-dealkylation sites (tertiary alicyclic amines) is 1. The smallest absolute Gasteiger partial charge is 0.000756 e. The van der Waals surface area contributed by atoms with Crippen LogP contribution in [0.3, 0.4) is 0 Å². The number of hydrogen-bond donors (Lipinski definition) is 1. The van der Waals surface area contributed by atoms with Gasteiger partial charge in [-0.05, 0) is 77.0 Å². The molecule has 2 nitrogen and oxygen atoms in total. The summed E-state index contributed by atoms with van der Waals surface area (Å²) in [5.41, 5.74) is 0. The highest BCUT2D eigenvalue weighted by molar-refractivity contribution is 7.80. The van der Waals surface area contributed by atoms with E-state index in [1.54, 1.807) is 0 Å². The second-order valence-corrected chi connectivity index (χ2v) is 6.36. The van der Waals surface area contributed by atoms with Gasteiger partial charge in [0.1, 0.15) is 0 Å². The van der Waals surface area contributed by atoms with Crippen LogP contribution in [0.5, 0.6) is 0 Å². The van der Waals surface area contributed by atoms with E-state index in [0.717, 1.165) is 17.6 Å². The first-order valence-corrected chi connectivity index (χ1v) is 7.73. The molecule has 0 aliphatic carbocycles. The van der Waals surface area contributed by atoms with Crippen molar-refractivity contribution in [3.8, 4) is 0 Å². The molecule has 0 bridgehead atoms. The Balaban J connectivity index is 2.10. The van der Waals surface area contributed by atoms with Crippen LogP contribution in [0.2, 0.25) is 0 Å². The van der Waals surface area contributed by atoms with Crippen molar-refractivity contribution in [3.05, 3.63) is 0 Å². The van der Waals surface area contributed by atoms with Gasteiger partial charge in [0, 0.05) is 6.54 Å². The lowest BCUT2D eigenvalue weighted by Crippen LogP contribution is -2.36. The molecule has 0 spiro atoms. The van der Waals surface area contributed by atoms with Crippen LogP contribution in [0, 0.1) is 11.8 Å². The molecule has 0 aromatic heterocycles. The summed E-state index contributed by atoms with van der Waals surface area (Å²) in [5, 5.41) is 0. The lowest BCUT2D eigenvalue weighted by atomic mass is 9.96. The van der Waals surface area contributed by atoms with Crippen LogP contribution in [0.1, 0.15) is 32.6 Å². The highest BCUT2D eigenvalue weighted by atomic mass is 32.1. The predicted molar refractivity (Wildman–Crippen MR) is 80.0 cm³/mol. The van der Waals surface area contributed by atoms with E-state index in [2.05, 4.69) is 43.4 Å². The molecule has 0 N–H and O–H groups in total. The van der Waals surface area contributed by atoms with E-state index >= 15 is 0 Å². The maximum absolute atomic E-state index is 4.30. The zero-order chi connectivity index (χ0) is 12.7. The Morgan fingerprint density at radius 2 is 1.94 bits per heavy atom. The van der Waals surface area contributed by atoms with Gasteiger partial charge in [0.15, 0.2) is 0 Å². The highest BCUT2D eigenvalue weighted by Gasteiger charge is 2.18. The first-order valence-electron chi connectivity index (χ1n) is 7.09. The van der Waals surface area contributed by atoms with Gasteiger partial charge in [-0.15, -0.1) is 0 Å². The Labute approximate surface area is 113 Å². The maximum Gasteiger partial charge on any atom is 0.000756 e. The molecular weight excluding hydrogens is 228 g/mol. The average molecular weight is 258 g/mol. The minimum absolute atomic E-state index is 0.826. The Morgan fingerprint density at radius 3 is 2.53 bits per heavy atom. The van der Waals surface area contributed by atoms with Gasteiger partial charge in [0.05, 0.1) is 0 Å². The molecule has 1 aliphatic rings. The van der Waals surface area contributed by atoms with Crippen LogP contribution in [-0.4, -0.2) is 55.8 Å². The van der Waals surface area contributed by atoms with Gasteiger partial charge >= 0.3 is 0 Å². The van der Waals surface area contributed by atoms with Gasteiger partial charge in [-0.25, -0.2) is 0 Å². The van der Waals surface area contributed by atoms with Crippen molar-refractivity contribution in [2.24, 2.45) is 11.8 Å². The van der Waals surface area contributed by atoms with Gasteiger partial charge in [-0.3, -0.25) is 0 Å². The molecule has 0 amide bonds. The number of thiol groups is 1. The van der Waals surface area contributed by atoms with Crippen LogP contribution < -0.4 is 0 Å². The summed E-state index contributed by atoms with van der Waals surface area (Å²) in [4.78, 5) is 4.98. The third-order valence-corrected chi connectivity index (χ3v) is 4.29. The van der Waals surface area contributed by atoms with Gasteiger partial charge in [-0.1, -0.05) is 6.92 Å². The molecule has 1 aliphatic heterocycles. The van der Waals surface area contributed by atoms with E-state index in [1.165, 1.54) is 51.9 Å². The lowest BCUT2D eigenvalue weighted by molar-refractivity contribution is 0.172. The fourth-order valence-corrected chi connectivity index (χ4v) is 3.02. The maximum atomic E-state index is 4.30. The molecule has 3 heteroatoms. The van der Waals surface area contributed by atoms with E-state index in [0.29, 0.717) is 0 Å². The summed E-state index contributed by atoms with van der Waals surface area (Å²) < 4.78 is 0. The third-order valence-electron chi connectivity index (χ3n) is 4.03. The third kappa shape index (κ3) is 6.68. The summed E-state index contributed by atoms with van der Waals surface area (Å²) in [7, 11) is 4.52. The molecule has 0 aromatic carbocycles. The van der Waals surface area contributed by atoms with Crippen LogP contribution in [0.4, 0.5) is 0 Å². The molecule has 1 unspecified atom stereocenters. The second kappa shape index (κ2) is 8.39. The van der Waals surface area contributed by atoms with Crippen molar-refractivity contribution >= 4 is 12.6 Å². The topological polar surface area (TPSA) is 6.48 Å². The highest BCUT2D eigenvalue weighted by Crippen LogP contribution is 2.17. The molecular formula is C14H30N2S. The Bertz CT molecular complexity index is 191. The Hall–Kier alpha value is 0.270. The molecule has 1 saturated heterocycles. The van der Waals surface area contributed by atoms with Crippen molar-refractivity contribution in [1.29, 1.82) is 0 Å². The van der Waals surface area contributed by atoms with E-state index in [4.69, 9.17) is 0 Å². The molecule has 1 rings (SSSR count). The fourth-order valence-electron chi connectivity index (χ4n) is 2.58. The van der Waals surface area contributed by atoms with Crippen molar-refractivity contribution in [3.63, 3.8) is 0 Å². The van der Waals surface area contributed by atoms with Crippen molar-refractivity contribution in [2.45, 2.75) is 32.6 Å². The van der Waals surface area contributed by atoms with Crippen LogP contribution in [0.15, 0.2) is 0 Å². The van der Waals surface area contributed by atoms with Crippen LogP contribution in [0.25, 0.3) is 0 Å². The Kier molecular flexibility index (Phi) is 7.56. The first kappa shape index (κ1) is 15.3. The summed E-state index contributed by atoms with van der Waals surface area (Å²) in [6, 6.07) is 0. The minimum atomic E-state index is 0.826. The van der Waals surface area contributed by atoms with Gasteiger partial charge < -0.3 is 9.80 Å². The van der Waals surface area contributed by atoms with E-state index < -0.39 is 0 Å². The quantitative estimate of drug-likeness (QED) is 0.701. The lowest BCUT2D eigenvalue weighted by Gasteiger charge is -2.32. The zero-order valence-corrected chi connectivity index (χ0v) is 12.8. The van der Waals surface area contributed by atoms with Gasteiger partial charge in [0.2, 0.25) is 0 Å². The molecule has 1 fully saturated rings. The number of hydrogen-bond acceptors (Lipinski definition) is 3.